The van der Waals surface area contributed by atoms with Crippen LogP contribution in [0.5, 0.6) is 0 Å². The Morgan fingerprint density at radius 3 is 2.67 bits per heavy atom. The minimum Gasteiger partial charge on any atom is -0.467 e. The first kappa shape index (κ1) is 18.3. The maximum Gasteiger partial charge on any atom is 0.416 e. The monoisotopic (exact) mass is 345 g/mol. The summed E-state index contributed by atoms with van der Waals surface area (Å²) in [6.07, 6.45) is -4.32. The summed E-state index contributed by atoms with van der Waals surface area (Å²) in [6.45, 7) is 0.442. The molecule has 1 saturated heterocycles. The van der Waals surface area contributed by atoms with E-state index >= 15 is 0 Å². The second kappa shape index (κ2) is 7.65. The lowest BCUT2D eigenvalue weighted by atomic mass is 9.99. The Morgan fingerprint density at radius 1 is 1.38 bits per heavy atom. The Hall–Kier alpha value is -2.09. The molecule has 2 rings (SSSR count). The second-order valence-electron chi connectivity index (χ2n) is 5.45. The van der Waals surface area contributed by atoms with Gasteiger partial charge in [0.25, 0.3) is 0 Å². The number of nitrogens with one attached hydrogen (secondary N) is 1. The van der Waals surface area contributed by atoms with Crippen molar-refractivity contribution < 1.29 is 32.2 Å². The van der Waals surface area contributed by atoms with Crippen LogP contribution < -0.4 is 5.32 Å². The highest BCUT2D eigenvalue weighted by molar-refractivity contribution is 5.87. The lowest BCUT2D eigenvalue weighted by molar-refractivity contribution is -0.147. The van der Waals surface area contributed by atoms with Gasteiger partial charge in [0.15, 0.2) is 0 Å². The number of methoxy groups -OCH3 is 1. The average Bonchev–Trinajstić information content (AvgIpc) is 3.07. The van der Waals surface area contributed by atoms with Gasteiger partial charge in [-0.15, -0.1) is 0 Å². The van der Waals surface area contributed by atoms with Crippen LogP contribution in [-0.4, -0.2) is 37.7 Å². The fourth-order valence-corrected chi connectivity index (χ4v) is 2.58. The normalized spacial score (nSPS) is 18.9. The molecule has 5 nitrogen and oxygen atoms in total. The average molecular weight is 345 g/mol. The maximum atomic E-state index is 13.1. The van der Waals surface area contributed by atoms with Crippen molar-refractivity contribution in [3.8, 4) is 0 Å². The van der Waals surface area contributed by atoms with E-state index in [0.29, 0.717) is 13.0 Å². The molecule has 1 N–H and O–H groups in total. The smallest absolute Gasteiger partial charge is 0.416 e. The van der Waals surface area contributed by atoms with Gasteiger partial charge in [0, 0.05) is 13.0 Å². The largest absolute Gasteiger partial charge is 0.467 e. The third kappa shape index (κ3) is 4.47. The zero-order valence-electron chi connectivity index (χ0n) is 13.1. The number of hydrogen-bond acceptors (Lipinski definition) is 4. The molecule has 0 aliphatic carbocycles. The van der Waals surface area contributed by atoms with Crippen LogP contribution in [0.1, 0.15) is 24.0 Å². The lowest BCUT2D eigenvalue weighted by Gasteiger charge is -2.20. The number of esters is 1. The summed E-state index contributed by atoms with van der Waals surface area (Å²) in [5, 5.41) is 2.43. The van der Waals surface area contributed by atoms with Crippen molar-refractivity contribution in [2.24, 2.45) is 0 Å². The first-order valence-electron chi connectivity index (χ1n) is 7.48. The van der Waals surface area contributed by atoms with E-state index in [2.05, 4.69) is 10.1 Å². The maximum absolute atomic E-state index is 13.1. The quantitative estimate of drug-likeness (QED) is 0.830. The van der Waals surface area contributed by atoms with Crippen molar-refractivity contribution in [3.05, 3.63) is 35.4 Å². The summed E-state index contributed by atoms with van der Waals surface area (Å²) in [5.41, 5.74) is -0.932. The molecule has 0 radical (unpaired) electrons. The number of rotatable bonds is 5. The van der Waals surface area contributed by atoms with Gasteiger partial charge in [0.1, 0.15) is 12.1 Å². The van der Waals surface area contributed by atoms with Gasteiger partial charge in [0.05, 0.1) is 12.7 Å². The first-order chi connectivity index (χ1) is 11.3. The third-order valence-electron chi connectivity index (χ3n) is 3.77. The number of amides is 1. The molecule has 0 saturated carbocycles. The van der Waals surface area contributed by atoms with Crippen molar-refractivity contribution in [2.75, 3.05) is 13.7 Å². The molecule has 0 aromatic heterocycles. The standard InChI is InChI=1S/C16H18F3NO4/c1-23-15(22)12(20-14(21)13-7-4-8-24-13)9-10-5-2-3-6-11(10)16(17,18)19/h2-3,5-6,12-13H,4,7-9H2,1H3,(H,20,21)/t12-,13+/m1/s1. The minimum atomic E-state index is -4.55. The molecule has 1 aliphatic heterocycles. The van der Waals surface area contributed by atoms with Crippen molar-refractivity contribution in [1.82, 2.24) is 5.32 Å². The number of ether oxygens (including phenoxy) is 2. The van der Waals surface area contributed by atoms with Crippen LogP contribution in [0.25, 0.3) is 0 Å². The Labute approximate surface area is 137 Å². The van der Waals surface area contributed by atoms with Crippen molar-refractivity contribution in [2.45, 2.75) is 37.6 Å². The highest BCUT2D eigenvalue weighted by Crippen LogP contribution is 2.32. The highest BCUT2D eigenvalue weighted by atomic mass is 19.4. The van der Waals surface area contributed by atoms with Crippen LogP contribution in [0.15, 0.2) is 24.3 Å². The van der Waals surface area contributed by atoms with Crippen LogP contribution in [-0.2, 0) is 31.7 Å². The molecule has 2 atom stereocenters. The van der Waals surface area contributed by atoms with Crippen molar-refractivity contribution in [3.63, 3.8) is 0 Å². The van der Waals surface area contributed by atoms with Crippen molar-refractivity contribution >= 4 is 11.9 Å². The summed E-state index contributed by atoms with van der Waals surface area (Å²) in [6, 6.07) is 3.71. The number of benzene rings is 1. The van der Waals surface area contributed by atoms with E-state index in [1.165, 1.54) is 18.2 Å². The molecular formula is C16H18F3NO4. The number of carbonyl (C=O) groups is 2. The fourth-order valence-electron chi connectivity index (χ4n) is 2.58. The topological polar surface area (TPSA) is 64.6 Å². The SMILES string of the molecule is COC(=O)[C@@H](Cc1ccccc1C(F)(F)F)NC(=O)[C@@H]1CCCO1. The van der Waals surface area contributed by atoms with E-state index in [9.17, 15) is 22.8 Å². The van der Waals surface area contributed by atoms with Crippen LogP contribution in [0.3, 0.4) is 0 Å². The van der Waals surface area contributed by atoms with Gasteiger partial charge in [-0.2, -0.15) is 13.2 Å². The molecule has 0 spiro atoms. The zero-order valence-corrected chi connectivity index (χ0v) is 13.1. The van der Waals surface area contributed by atoms with Gasteiger partial charge in [-0.25, -0.2) is 4.79 Å². The summed E-state index contributed by atoms with van der Waals surface area (Å²) in [5.74, 6) is -1.33. The Morgan fingerprint density at radius 2 is 2.08 bits per heavy atom. The van der Waals surface area contributed by atoms with E-state index in [0.717, 1.165) is 19.6 Å². The molecule has 24 heavy (non-hydrogen) atoms. The molecule has 1 fully saturated rings. The molecule has 1 aromatic carbocycles. The number of hydrogen-bond donors (Lipinski definition) is 1. The predicted molar refractivity (Wildman–Crippen MR) is 78.1 cm³/mol. The third-order valence-corrected chi connectivity index (χ3v) is 3.77. The molecule has 1 amide bonds. The van der Waals surface area contributed by atoms with E-state index in [1.807, 2.05) is 0 Å². The molecule has 1 aliphatic rings. The summed E-state index contributed by atoms with van der Waals surface area (Å²) < 4.78 is 49.0. The van der Waals surface area contributed by atoms with Gasteiger partial charge in [-0.05, 0) is 24.5 Å². The lowest BCUT2D eigenvalue weighted by Crippen LogP contribution is -2.47. The Kier molecular flexibility index (Phi) is 5.82. The molecule has 1 aromatic rings. The number of halogens is 3. The molecule has 0 unspecified atom stereocenters. The van der Waals surface area contributed by atoms with E-state index in [1.54, 1.807) is 0 Å². The van der Waals surface area contributed by atoms with Gasteiger partial charge in [0.2, 0.25) is 5.91 Å². The zero-order chi connectivity index (χ0) is 17.7. The molecule has 1 heterocycles. The van der Waals surface area contributed by atoms with Gasteiger partial charge < -0.3 is 14.8 Å². The summed E-state index contributed by atoms with van der Waals surface area (Å²) in [7, 11) is 1.11. The molecule has 8 heteroatoms. The second-order valence-corrected chi connectivity index (χ2v) is 5.45. The summed E-state index contributed by atoms with van der Waals surface area (Å²) >= 11 is 0. The van der Waals surface area contributed by atoms with Crippen LogP contribution in [0, 0.1) is 0 Å². The molecular weight excluding hydrogens is 327 g/mol. The van der Waals surface area contributed by atoms with E-state index in [4.69, 9.17) is 4.74 Å². The summed E-state index contributed by atoms with van der Waals surface area (Å²) in [4.78, 5) is 24.0. The predicted octanol–water partition coefficient (Wildman–Crippen LogP) is 2.08. The number of alkyl halides is 3. The van der Waals surface area contributed by atoms with Gasteiger partial charge in [-0.1, -0.05) is 18.2 Å². The van der Waals surface area contributed by atoms with Crippen LogP contribution in [0.2, 0.25) is 0 Å². The number of carbonyl (C=O) groups excluding carboxylic acids is 2. The fraction of sp³-hybridized carbons (Fsp3) is 0.500. The highest BCUT2D eigenvalue weighted by Gasteiger charge is 2.35. The van der Waals surface area contributed by atoms with Crippen molar-refractivity contribution in [1.29, 1.82) is 0 Å². The molecule has 132 valence electrons. The minimum absolute atomic E-state index is 0.0898. The Bertz CT molecular complexity index is 597. The van der Waals surface area contributed by atoms with E-state index < -0.39 is 35.8 Å². The van der Waals surface area contributed by atoms with E-state index in [-0.39, 0.29) is 12.0 Å². The Balaban J connectivity index is 2.18. The van der Waals surface area contributed by atoms with Crippen LogP contribution in [0.4, 0.5) is 13.2 Å². The molecule has 0 bridgehead atoms. The van der Waals surface area contributed by atoms with Gasteiger partial charge in [-0.3, -0.25) is 4.79 Å². The van der Waals surface area contributed by atoms with Crippen LogP contribution >= 0.6 is 0 Å². The first-order valence-corrected chi connectivity index (χ1v) is 7.48. The van der Waals surface area contributed by atoms with Gasteiger partial charge >= 0.3 is 12.1 Å².